The van der Waals surface area contributed by atoms with E-state index in [0.717, 1.165) is 11.1 Å². The minimum atomic E-state index is -0.582. The lowest BCUT2D eigenvalue weighted by Gasteiger charge is -2.17. The van der Waals surface area contributed by atoms with Gasteiger partial charge in [-0.15, -0.1) is 0 Å². The SMILES string of the molecule is CCOc1cc(C(=O)NNC(=O)CNC(=O)c2ccc(C)c(C)c2)cc(OCC)c1OCC. The summed E-state index contributed by atoms with van der Waals surface area (Å²) in [6.45, 7) is 10.2. The molecular formula is C24H31N3O6. The van der Waals surface area contributed by atoms with E-state index in [1.807, 2.05) is 40.7 Å². The maximum atomic E-state index is 12.6. The van der Waals surface area contributed by atoms with Gasteiger partial charge in [-0.2, -0.15) is 0 Å². The summed E-state index contributed by atoms with van der Waals surface area (Å²) in [6, 6.07) is 8.31. The summed E-state index contributed by atoms with van der Waals surface area (Å²) in [5.41, 5.74) is 7.33. The fourth-order valence-corrected chi connectivity index (χ4v) is 2.91. The van der Waals surface area contributed by atoms with E-state index in [0.29, 0.717) is 42.6 Å². The molecule has 9 heteroatoms. The van der Waals surface area contributed by atoms with Crippen LogP contribution in [0.4, 0.5) is 0 Å². The van der Waals surface area contributed by atoms with Crippen LogP contribution in [-0.2, 0) is 4.79 Å². The monoisotopic (exact) mass is 457 g/mol. The molecule has 9 nitrogen and oxygen atoms in total. The molecule has 0 aliphatic rings. The largest absolute Gasteiger partial charge is 0.490 e. The first-order valence-electron chi connectivity index (χ1n) is 10.8. The second-order valence-corrected chi connectivity index (χ2v) is 7.08. The van der Waals surface area contributed by atoms with Gasteiger partial charge in [0, 0.05) is 11.1 Å². The highest BCUT2D eigenvalue weighted by Crippen LogP contribution is 2.39. The highest BCUT2D eigenvalue weighted by atomic mass is 16.5. The zero-order valence-electron chi connectivity index (χ0n) is 19.7. The predicted molar refractivity (Wildman–Crippen MR) is 124 cm³/mol. The number of benzene rings is 2. The smallest absolute Gasteiger partial charge is 0.269 e. The molecule has 2 aromatic carbocycles. The van der Waals surface area contributed by atoms with Crippen LogP contribution in [0.25, 0.3) is 0 Å². The molecule has 0 spiro atoms. The Balaban J connectivity index is 2.00. The lowest BCUT2D eigenvalue weighted by molar-refractivity contribution is -0.120. The van der Waals surface area contributed by atoms with Gasteiger partial charge in [-0.25, -0.2) is 0 Å². The topological polar surface area (TPSA) is 115 Å². The fourth-order valence-electron chi connectivity index (χ4n) is 2.91. The van der Waals surface area contributed by atoms with Gasteiger partial charge in [0.25, 0.3) is 17.7 Å². The molecule has 2 rings (SSSR count). The molecule has 0 aliphatic heterocycles. The Bertz CT molecular complexity index is 979. The zero-order chi connectivity index (χ0) is 24.4. The van der Waals surface area contributed by atoms with Gasteiger partial charge in [0.05, 0.1) is 26.4 Å². The van der Waals surface area contributed by atoms with E-state index < -0.39 is 11.8 Å². The molecule has 0 bridgehead atoms. The molecule has 178 valence electrons. The van der Waals surface area contributed by atoms with Crippen molar-refractivity contribution in [2.45, 2.75) is 34.6 Å². The number of nitrogens with one attached hydrogen (secondary N) is 3. The van der Waals surface area contributed by atoms with Crippen molar-refractivity contribution in [1.82, 2.24) is 16.2 Å². The Kier molecular flexibility index (Phi) is 9.53. The van der Waals surface area contributed by atoms with Crippen molar-refractivity contribution >= 4 is 17.7 Å². The standard InChI is InChI=1S/C24H31N3O6/c1-6-31-19-12-18(13-20(32-7-2)22(19)33-8-3)24(30)27-26-21(28)14-25-23(29)17-10-9-15(4)16(5)11-17/h9-13H,6-8,14H2,1-5H3,(H,25,29)(H,26,28)(H,27,30). The third-order valence-corrected chi connectivity index (χ3v) is 4.67. The molecule has 2 aromatic rings. The number of hydrogen-bond donors (Lipinski definition) is 3. The van der Waals surface area contributed by atoms with Gasteiger partial charge in [-0.3, -0.25) is 25.2 Å². The van der Waals surface area contributed by atoms with Gasteiger partial charge in [0.2, 0.25) is 5.75 Å². The van der Waals surface area contributed by atoms with Crippen molar-refractivity contribution in [3.05, 3.63) is 52.6 Å². The summed E-state index contributed by atoms with van der Waals surface area (Å²) < 4.78 is 16.8. The van der Waals surface area contributed by atoms with E-state index >= 15 is 0 Å². The lowest BCUT2D eigenvalue weighted by Crippen LogP contribution is -2.46. The van der Waals surface area contributed by atoms with Gasteiger partial charge < -0.3 is 19.5 Å². The maximum absolute atomic E-state index is 12.6. The molecule has 0 radical (unpaired) electrons. The number of aryl methyl sites for hydroxylation is 2. The highest BCUT2D eigenvalue weighted by Gasteiger charge is 2.19. The molecule has 0 aliphatic carbocycles. The molecule has 0 saturated carbocycles. The molecule has 0 fully saturated rings. The van der Waals surface area contributed by atoms with Crippen LogP contribution in [0, 0.1) is 13.8 Å². The molecule has 3 amide bonds. The van der Waals surface area contributed by atoms with Gasteiger partial charge in [0.1, 0.15) is 0 Å². The number of hydrogen-bond acceptors (Lipinski definition) is 6. The van der Waals surface area contributed by atoms with Crippen LogP contribution >= 0.6 is 0 Å². The van der Waals surface area contributed by atoms with Gasteiger partial charge >= 0.3 is 0 Å². The molecule has 3 N–H and O–H groups in total. The van der Waals surface area contributed by atoms with E-state index in [1.165, 1.54) is 12.1 Å². The Morgan fingerprint density at radius 1 is 0.727 bits per heavy atom. The Hall–Kier alpha value is -3.75. The van der Waals surface area contributed by atoms with E-state index in [2.05, 4.69) is 16.2 Å². The quantitative estimate of drug-likeness (QED) is 0.473. The summed E-state index contributed by atoms with van der Waals surface area (Å²) in [4.78, 5) is 36.9. The van der Waals surface area contributed by atoms with Crippen LogP contribution in [0.1, 0.15) is 52.6 Å². The average Bonchev–Trinajstić information content (AvgIpc) is 2.79. The van der Waals surface area contributed by atoms with Crippen molar-refractivity contribution in [2.75, 3.05) is 26.4 Å². The minimum absolute atomic E-state index is 0.213. The van der Waals surface area contributed by atoms with Crippen LogP contribution in [0.3, 0.4) is 0 Å². The molecule has 0 aromatic heterocycles. The third-order valence-electron chi connectivity index (χ3n) is 4.67. The Morgan fingerprint density at radius 2 is 1.33 bits per heavy atom. The molecule has 33 heavy (non-hydrogen) atoms. The number of amides is 3. The zero-order valence-corrected chi connectivity index (χ0v) is 19.7. The Morgan fingerprint density at radius 3 is 1.88 bits per heavy atom. The minimum Gasteiger partial charge on any atom is -0.490 e. The summed E-state index contributed by atoms with van der Waals surface area (Å²) in [6.07, 6.45) is 0. The normalized spacial score (nSPS) is 10.2. The fraction of sp³-hybridized carbons (Fsp3) is 0.375. The van der Waals surface area contributed by atoms with Crippen molar-refractivity contribution in [2.24, 2.45) is 0 Å². The third kappa shape index (κ3) is 7.13. The summed E-state index contributed by atoms with van der Waals surface area (Å²) in [5, 5.41) is 2.52. The summed E-state index contributed by atoms with van der Waals surface area (Å²) in [7, 11) is 0. The van der Waals surface area contributed by atoms with Crippen LogP contribution < -0.4 is 30.4 Å². The van der Waals surface area contributed by atoms with Gasteiger partial charge in [-0.1, -0.05) is 6.07 Å². The average molecular weight is 458 g/mol. The molecular weight excluding hydrogens is 426 g/mol. The first-order chi connectivity index (χ1) is 15.8. The van der Waals surface area contributed by atoms with E-state index in [1.54, 1.807) is 12.1 Å². The molecule has 0 heterocycles. The first-order valence-corrected chi connectivity index (χ1v) is 10.8. The van der Waals surface area contributed by atoms with Crippen molar-refractivity contribution < 1.29 is 28.6 Å². The summed E-state index contributed by atoms with van der Waals surface area (Å²) in [5.74, 6) is -0.398. The number of hydrazine groups is 1. The van der Waals surface area contributed by atoms with Gasteiger partial charge in [-0.05, 0) is 70.0 Å². The molecule has 0 unspecified atom stereocenters. The van der Waals surface area contributed by atoms with Crippen LogP contribution in [-0.4, -0.2) is 44.1 Å². The summed E-state index contributed by atoms with van der Waals surface area (Å²) >= 11 is 0. The predicted octanol–water partition coefficient (Wildman–Crippen LogP) is 2.69. The van der Waals surface area contributed by atoms with E-state index in [9.17, 15) is 14.4 Å². The van der Waals surface area contributed by atoms with Crippen LogP contribution in [0.15, 0.2) is 30.3 Å². The number of ether oxygens (including phenoxy) is 3. The number of carbonyl (C=O) groups is 3. The first kappa shape index (κ1) is 25.5. The highest BCUT2D eigenvalue weighted by molar-refractivity contribution is 5.98. The van der Waals surface area contributed by atoms with Crippen molar-refractivity contribution in [1.29, 1.82) is 0 Å². The van der Waals surface area contributed by atoms with E-state index in [4.69, 9.17) is 14.2 Å². The molecule has 0 atom stereocenters. The van der Waals surface area contributed by atoms with Gasteiger partial charge in [0.15, 0.2) is 11.5 Å². The second kappa shape index (κ2) is 12.3. The number of carbonyl (C=O) groups excluding carboxylic acids is 3. The van der Waals surface area contributed by atoms with E-state index in [-0.39, 0.29) is 18.0 Å². The maximum Gasteiger partial charge on any atom is 0.269 e. The lowest BCUT2D eigenvalue weighted by atomic mass is 10.1. The van der Waals surface area contributed by atoms with Crippen molar-refractivity contribution in [3.63, 3.8) is 0 Å². The molecule has 0 saturated heterocycles. The van der Waals surface area contributed by atoms with Crippen LogP contribution in [0.2, 0.25) is 0 Å². The van der Waals surface area contributed by atoms with Crippen LogP contribution in [0.5, 0.6) is 17.2 Å². The van der Waals surface area contributed by atoms with Crippen molar-refractivity contribution in [3.8, 4) is 17.2 Å². The number of rotatable bonds is 10. The second-order valence-electron chi connectivity index (χ2n) is 7.08. The Labute approximate surface area is 193 Å².